The number of para-hydroxylation sites is 1. The molecule has 0 saturated heterocycles. The van der Waals surface area contributed by atoms with Gasteiger partial charge in [-0.15, -0.1) is 0 Å². The Morgan fingerprint density at radius 2 is 2.19 bits per heavy atom. The number of nitrogens with zero attached hydrogens (tertiary/aromatic N) is 2. The van der Waals surface area contributed by atoms with Crippen LogP contribution >= 0.6 is 0 Å². The highest BCUT2D eigenvalue weighted by molar-refractivity contribution is 6.07. The van der Waals surface area contributed by atoms with Crippen molar-refractivity contribution in [3.8, 4) is 0 Å². The molecule has 2 aromatic rings. The average molecular weight is 281 g/mol. The molecule has 0 bridgehead atoms. The largest absolute Gasteiger partial charge is 0.325 e. The van der Waals surface area contributed by atoms with Crippen LogP contribution < -0.4 is 10.6 Å². The SMILES string of the molecule is CC1CCc2ccccc2N1C(=O)c1ccnc(CN)c1. The summed E-state index contributed by atoms with van der Waals surface area (Å²) in [5.41, 5.74) is 9.25. The molecular formula is C17H19N3O. The van der Waals surface area contributed by atoms with E-state index < -0.39 is 0 Å². The van der Waals surface area contributed by atoms with Crippen molar-refractivity contribution < 1.29 is 4.79 Å². The van der Waals surface area contributed by atoms with Crippen LogP contribution in [0.3, 0.4) is 0 Å². The van der Waals surface area contributed by atoms with E-state index in [-0.39, 0.29) is 11.9 Å². The molecule has 2 heterocycles. The highest BCUT2D eigenvalue weighted by Gasteiger charge is 2.28. The molecule has 0 spiro atoms. The summed E-state index contributed by atoms with van der Waals surface area (Å²) in [5.74, 6) is 0.0201. The maximum absolute atomic E-state index is 12.9. The van der Waals surface area contributed by atoms with Crippen molar-refractivity contribution in [2.45, 2.75) is 32.4 Å². The van der Waals surface area contributed by atoms with Gasteiger partial charge < -0.3 is 10.6 Å². The van der Waals surface area contributed by atoms with E-state index in [0.29, 0.717) is 12.1 Å². The van der Waals surface area contributed by atoms with Gasteiger partial charge in [-0.1, -0.05) is 18.2 Å². The van der Waals surface area contributed by atoms with Crippen LogP contribution in [0.2, 0.25) is 0 Å². The van der Waals surface area contributed by atoms with Crippen LogP contribution in [0.1, 0.15) is 35.0 Å². The Balaban J connectivity index is 2.00. The fourth-order valence-corrected chi connectivity index (χ4v) is 2.86. The Morgan fingerprint density at radius 3 is 3.00 bits per heavy atom. The van der Waals surface area contributed by atoms with E-state index in [4.69, 9.17) is 5.73 Å². The zero-order valence-electron chi connectivity index (χ0n) is 12.1. The lowest BCUT2D eigenvalue weighted by atomic mass is 9.96. The summed E-state index contributed by atoms with van der Waals surface area (Å²) < 4.78 is 0. The van der Waals surface area contributed by atoms with E-state index in [2.05, 4.69) is 18.0 Å². The molecule has 1 aliphatic rings. The first kappa shape index (κ1) is 13.8. The molecule has 0 fully saturated rings. The van der Waals surface area contributed by atoms with Gasteiger partial charge in [-0.25, -0.2) is 0 Å². The molecule has 1 aliphatic heterocycles. The third-order valence-corrected chi connectivity index (χ3v) is 4.01. The maximum Gasteiger partial charge on any atom is 0.258 e. The number of anilines is 1. The van der Waals surface area contributed by atoms with Crippen LogP contribution in [0.5, 0.6) is 0 Å². The lowest BCUT2D eigenvalue weighted by Crippen LogP contribution is -2.42. The molecule has 0 radical (unpaired) electrons. The van der Waals surface area contributed by atoms with Crippen molar-refractivity contribution in [2.75, 3.05) is 4.90 Å². The molecule has 1 aromatic carbocycles. The van der Waals surface area contributed by atoms with Crippen molar-refractivity contribution in [1.29, 1.82) is 0 Å². The zero-order chi connectivity index (χ0) is 14.8. The van der Waals surface area contributed by atoms with Gasteiger partial charge in [0.05, 0.1) is 5.69 Å². The Morgan fingerprint density at radius 1 is 1.38 bits per heavy atom. The summed E-state index contributed by atoms with van der Waals surface area (Å²) in [4.78, 5) is 18.9. The number of hydrogen-bond acceptors (Lipinski definition) is 3. The molecule has 4 heteroatoms. The van der Waals surface area contributed by atoms with Crippen molar-refractivity contribution in [1.82, 2.24) is 4.98 Å². The molecule has 0 aliphatic carbocycles. The molecule has 21 heavy (non-hydrogen) atoms. The fraction of sp³-hybridized carbons (Fsp3) is 0.294. The number of aryl methyl sites for hydroxylation is 1. The molecule has 0 saturated carbocycles. The van der Waals surface area contributed by atoms with Gasteiger partial charge in [-0.2, -0.15) is 0 Å². The average Bonchev–Trinajstić information content (AvgIpc) is 2.54. The van der Waals surface area contributed by atoms with E-state index in [1.54, 1.807) is 18.3 Å². The van der Waals surface area contributed by atoms with Crippen molar-refractivity contribution in [2.24, 2.45) is 5.73 Å². The Labute approximate surface area is 124 Å². The number of rotatable bonds is 2. The van der Waals surface area contributed by atoms with Crippen LogP contribution in [-0.4, -0.2) is 16.9 Å². The van der Waals surface area contributed by atoms with Gasteiger partial charge in [0.25, 0.3) is 5.91 Å². The van der Waals surface area contributed by atoms with Crippen molar-refractivity contribution in [3.63, 3.8) is 0 Å². The van der Waals surface area contributed by atoms with Crippen LogP contribution in [0.25, 0.3) is 0 Å². The minimum Gasteiger partial charge on any atom is -0.325 e. The summed E-state index contributed by atoms with van der Waals surface area (Å²) >= 11 is 0. The summed E-state index contributed by atoms with van der Waals surface area (Å²) in [6, 6.07) is 11.9. The molecule has 1 aromatic heterocycles. The quantitative estimate of drug-likeness (QED) is 0.920. The van der Waals surface area contributed by atoms with Crippen LogP contribution in [0.15, 0.2) is 42.6 Å². The minimum absolute atomic E-state index is 0.0201. The Bertz CT molecular complexity index is 669. The molecular weight excluding hydrogens is 262 g/mol. The van der Waals surface area contributed by atoms with Gasteiger partial charge in [0.2, 0.25) is 0 Å². The lowest BCUT2D eigenvalue weighted by molar-refractivity contribution is 0.0975. The third-order valence-electron chi connectivity index (χ3n) is 4.01. The van der Waals surface area contributed by atoms with E-state index in [0.717, 1.165) is 24.2 Å². The number of carbonyl (C=O) groups is 1. The predicted molar refractivity (Wildman–Crippen MR) is 83.2 cm³/mol. The number of fused-ring (bicyclic) bond motifs is 1. The number of hydrogen-bond donors (Lipinski definition) is 1. The van der Waals surface area contributed by atoms with Gasteiger partial charge in [0, 0.05) is 30.0 Å². The second-order valence-electron chi connectivity index (χ2n) is 5.43. The zero-order valence-corrected chi connectivity index (χ0v) is 12.1. The van der Waals surface area contributed by atoms with Gasteiger partial charge in [-0.05, 0) is 43.5 Å². The summed E-state index contributed by atoms with van der Waals surface area (Å²) in [6.45, 7) is 2.44. The molecule has 1 atom stereocenters. The highest BCUT2D eigenvalue weighted by atomic mass is 16.2. The van der Waals surface area contributed by atoms with Gasteiger partial charge >= 0.3 is 0 Å². The molecule has 1 unspecified atom stereocenters. The molecule has 3 rings (SSSR count). The number of nitrogens with two attached hydrogens (primary N) is 1. The molecule has 108 valence electrons. The standard InChI is InChI=1S/C17H19N3O/c1-12-6-7-13-4-2-3-5-16(13)20(12)17(21)14-8-9-19-15(10-14)11-18/h2-5,8-10,12H,6-7,11,18H2,1H3. The number of aromatic nitrogens is 1. The third kappa shape index (κ3) is 2.54. The Kier molecular flexibility index (Phi) is 3.71. The normalized spacial score (nSPS) is 17.4. The van der Waals surface area contributed by atoms with E-state index in [9.17, 15) is 4.79 Å². The van der Waals surface area contributed by atoms with Crippen LogP contribution in [0.4, 0.5) is 5.69 Å². The van der Waals surface area contributed by atoms with E-state index in [1.165, 1.54) is 5.56 Å². The van der Waals surface area contributed by atoms with E-state index >= 15 is 0 Å². The number of carbonyl (C=O) groups excluding carboxylic acids is 1. The Hall–Kier alpha value is -2.20. The van der Waals surface area contributed by atoms with Crippen LogP contribution in [-0.2, 0) is 13.0 Å². The lowest BCUT2D eigenvalue weighted by Gasteiger charge is -2.35. The minimum atomic E-state index is 0.0201. The molecule has 1 amide bonds. The first-order valence-corrected chi connectivity index (χ1v) is 7.27. The second-order valence-corrected chi connectivity index (χ2v) is 5.43. The van der Waals surface area contributed by atoms with Crippen molar-refractivity contribution >= 4 is 11.6 Å². The molecule has 4 nitrogen and oxygen atoms in total. The smallest absolute Gasteiger partial charge is 0.258 e. The van der Waals surface area contributed by atoms with Crippen LogP contribution in [0, 0.1) is 0 Å². The number of benzene rings is 1. The monoisotopic (exact) mass is 281 g/mol. The summed E-state index contributed by atoms with van der Waals surface area (Å²) in [5, 5.41) is 0. The van der Waals surface area contributed by atoms with Gasteiger partial charge in [0.15, 0.2) is 0 Å². The predicted octanol–water partition coefficient (Wildman–Crippen LogP) is 2.52. The highest BCUT2D eigenvalue weighted by Crippen LogP contribution is 2.31. The van der Waals surface area contributed by atoms with E-state index in [1.807, 2.05) is 23.1 Å². The first-order valence-electron chi connectivity index (χ1n) is 7.27. The molecule has 2 N–H and O–H groups in total. The summed E-state index contributed by atoms with van der Waals surface area (Å²) in [7, 11) is 0. The second kappa shape index (κ2) is 5.66. The number of amides is 1. The fourth-order valence-electron chi connectivity index (χ4n) is 2.86. The van der Waals surface area contributed by atoms with Crippen molar-refractivity contribution in [3.05, 3.63) is 59.4 Å². The maximum atomic E-state index is 12.9. The first-order chi connectivity index (χ1) is 10.2. The number of pyridine rings is 1. The summed E-state index contributed by atoms with van der Waals surface area (Å²) in [6.07, 6.45) is 3.65. The topological polar surface area (TPSA) is 59.2 Å². The van der Waals surface area contributed by atoms with Gasteiger partial charge in [-0.3, -0.25) is 9.78 Å². The van der Waals surface area contributed by atoms with Gasteiger partial charge in [0.1, 0.15) is 0 Å².